The van der Waals surface area contributed by atoms with Gasteiger partial charge in [-0.3, -0.25) is 0 Å². The molecule has 0 aliphatic carbocycles. The smallest absolute Gasteiger partial charge is 0.0110 e. The highest BCUT2D eigenvalue weighted by Crippen LogP contribution is 2.12. The van der Waals surface area contributed by atoms with Crippen LogP contribution in [0.25, 0.3) is 0 Å². The van der Waals surface area contributed by atoms with E-state index in [1.165, 1.54) is 84.2 Å². The summed E-state index contributed by atoms with van der Waals surface area (Å²) in [6.45, 7) is 14.7. The normalized spacial score (nSPS) is 18.3. The van der Waals surface area contributed by atoms with Crippen molar-refractivity contribution >= 4 is 0 Å². The Morgan fingerprint density at radius 2 is 1.26 bits per heavy atom. The van der Waals surface area contributed by atoms with E-state index in [2.05, 4.69) is 30.6 Å². The topological polar surface area (TPSA) is 6.48 Å². The van der Waals surface area contributed by atoms with Crippen LogP contribution in [0.4, 0.5) is 0 Å². The molecule has 114 valence electrons. The number of likely N-dealkylation sites (N-methyl/N-ethyl adjacent to an activating group) is 1. The summed E-state index contributed by atoms with van der Waals surface area (Å²) in [5, 5.41) is 0. The van der Waals surface area contributed by atoms with Gasteiger partial charge in [-0.25, -0.2) is 0 Å². The zero-order valence-corrected chi connectivity index (χ0v) is 13.7. The molecule has 0 N–H and O–H groups in total. The van der Waals surface area contributed by atoms with Gasteiger partial charge in [0.25, 0.3) is 0 Å². The van der Waals surface area contributed by atoms with Crippen LogP contribution in [0.3, 0.4) is 0 Å². The number of hydrogen-bond acceptors (Lipinski definition) is 2. The molecule has 1 rings (SSSR count). The standard InChI is InChI=1S/C17H36N2/c1-4-18-13-15-19(16-14-18)12-10-8-6-5-7-9-11-17(2)3/h17H,4-16H2,1-3H3. The van der Waals surface area contributed by atoms with Crippen molar-refractivity contribution in [1.82, 2.24) is 9.80 Å². The van der Waals surface area contributed by atoms with Gasteiger partial charge in [-0.1, -0.05) is 59.3 Å². The average Bonchev–Trinajstić information content (AvgIpc) is 2.42. The summed E-state index contributed by atoms with van der Waals surface area (Å²) in [4.78, 5) is 5.22. The minimum atomic E-state index is 0.891. The molecule has 1 aliphatic rings. The highest BCUT2D eigenvalue weighted by molar-refractivity contribution is 4.70. The Balaban J connectivity index is 1.83. The van der Waals surface area contributed by atoms with Crippen molar-refractivity contribution in [2.45, 2.75) is 65.7 Å². The third-order valence-electron chi connectivity index (χ3n) is 4.42. The lowest BCUT2D eigenvalue weighted by molar-refractivity contribution is 0.135. The van der Waals surface area contributed by atoms with Crippen LogP contribution in [0.5, 0.6) is 0 Å². The summed E-state index contributed by atoms with van der Waals surface area (Å²) in [6.07, 6.45) is 10.1. The van der Waals surface area contributed by atoms with Gasteiger partial charge < -0.3 is 9.80 Å². The summed E-state index contributed by atoms with van der Waals surface area (Å²) in [6, 6.07) is 0. The van der Waals surface area contributed by atoms with Crippen molar-refractivity contribution in [3.63, 3.8) is 0 Å². The van der Waals surface area contributed by atoms with E-state index in [0.29, 0.717) is 0 Å². The lowest BCUT2D eigenvalue weighted by Crippen LogP contribution is -2.46. The molecule has 0 aromatic rings. The molecule has 0 aromatic carbocycles. The maximum atomic E-state index is 2.66. The van der Waals surface area contributed by atoms with Crippen molar-refractivity contribution in [3.05, 3.63) is 0 Å². The second kappa shape index (κ2) is 10.7. The SMILES string of the molecule is CCN1CCN(CCCCCCCCC(C)C)CC1. The maximum absolute atomic E-state index is 2.66. The van der Waals surface area contributed by atoms with Gasteiger partial charge in [0.15, 0.2) is 0 Å². The quantitative estimate of drug-likeness (QED) is 0.552. The van der Waals surface area contributed by atoms with Crippen molar-refractivity contribution in [1.29, 1.82) is 0 Å². The van der Waals surface area contributed by atoms with E-state index in [-0.39, 0.29) is 0 Å². The minimum Gasteiger partial charge on any atom is -0.301 e. The van der Waals surface area contributed by atoms with Crippen LogP contribution < -0.4 is 0 Å². The first-order valence-corrected chi connectivity index (χ1v) is 8.67. The lowest BCUT2D eigenvalue weighted by Gasteiger charge is -2.33. The summed E-state index contributed by atoms with van der Waals surface area (Å²) in [5.41, 5.74) is 0. The van der Waals surface area contributed by atoms with Crippen LogP contribution in [0.2, 0.25) is 0 Å². The Kier molecular flexibility index (Phi) is 9.54. The monoisotopic (exact) mass is 268 g/mol. The summed E-state index contributed by atoms with van der Waals surface area (Å²) in [7, 11) is 0. The first kappa shape index (κ1) is 17.0. The Morgan fingerprint density at radius 3 is 1.84 bits per heavy atom. The maximum Gasteiger partial charge on any atom is 0.0110 e. The Labute approximate surface area is 121 Å². The van der Waals surface area contributed by atoms with Crippen LogP contribution in [0.1, 0.15) is 65.7 Å². The van der Waals surface area contributed by atoms with Gasteiger partial charge in [0, 0.05) is 26.2 Å². The molecule has 0 radical (unpaired) electrons. The zero-order chi connectivity index (χ0) is 13.9. The molecule has 0 atom stereocenters. The lowest BCUT2D eigenvalue weighted by atomic mass is 10.0. The molecule has 1 aliphatic heterocycles. The molecule has 2 heteroatoms. The van der Waals surface area contributed by atoms with Crippen molar-refractivity contribution in [2.24, 2.45) is 5.92 Å². The largest absolute Gasteiger partial charge is 0.301 e. The van der Waals surface area contributed by atoms with Gasteiger partial charge in [0.05, 0.1) is 0 Å². The zero-order valence-electron chi connectivity index (χ0n) is 13.7. The van der Waals surface area contributed by atoms with E-state index in [1.54, 1.807) is 0 Å². The first-order chi connectivity index (χ1) is 9.22. The fourth-order valence-electron chi connectivity index (χ4n) is 2.92. The van der Waals surface area contributed by atoms with Crippen LogP contribution in [0, 0.1) is 5.92 Å². The molecule has 1 heterocycles. The number of unbranched alkanes of at least 4 members (excludes halogenated alkanes) is 5. The number of rotatable bonds is 10. The predicted molar refractivity (Wildman–Crippen MR) is 85.7 cm³/mol. The van der Waals surface area contributed by atoms with E-state index < -0.39 is 0 Å². The van der Waals surface area contributed by atoms with Gasteiger partial charge in [0.2, 0.25) is 0 Å². The van der Waals surface area contributed by atoms with Crippen molar-refractivity contribution in [3.8, 4) is 0 Å². The molecule has 0 unspecified atom stereocenters. The summed E-state index contributed by atoms with van der Waals surface area (Å²) in [5.74, 6) is 0.891. The number of piperazine rings is 1. The Morgan fingerprint density at radius 1 is 0.737 bits per heavy atom. The fraction of sp³-hybridized carbons (Fsp3) is 1.00. The molecule has 0 spiro atoms. The second-order valence-electron chi connectivity index (χ2n) is 6.58. The summed E-state index contributed by atoms with van der Waals surface area (Å²) < 4.78 is 0. The van der Waals surface area contributed by atoms with Gasteiger partial charge in [-0.15, -0.1) is 0 Å². The van der Waals surface area contributed by atoms with Crippen LogP contribution in [-0.4, -0.2) is 49.1 Å². The molecule has 2 nitrogen and oxygen atoms in total. The highest BCUT2D eigenvalue weighted by Gasteiger charge is 2.14. The number of nitrogens with zero attached hydrogens (tertiary/aromatic N) is 2. The highest BCUT2D eigenvalue weighted by atomic mass is 15.3. The van der Waals surface area contributed by atoms with E-state index in [4.69, 9.17) is 0 Å². The summed E-state index contributed by atoms with van der Waals surface area (Å²) >= 11 is 0. The predicted octanol–water partition coefficient (Wildman–Crippen LogP) is 4.01. The molecule has 1 saturated heterocycles. The van der Waals surface area contributed by atoms with E-state index >= 15 is 0 Å². The van der Waals surface area contributed by atoms with Crippen LogP contribution in [-0.2, 0) is 0 Å². The average molecular weight is 268 g/mol. The van der Waals surface area contributed by atoms with E-state index in [9.17, 15) is 0 Å². The van der Waals surface area contributed by atoms with Gasteiger partial charge >= 0.3 is 0 Å². The molecule has 0 bridgehead atoms. The molecule has 1 fully saturated rings. The minimum absolute atomic E-state index is 0.891. The molecule has 0 saturated carbocycles. The van der Waals surface area contributed by atoms with Crippen molar-refractivity contribution < 1.29 is 0 Å². The Bertz CT molecular complexity index is 195. The molecular weight excluding hydrogens is 232 g/mol. The van der Waals surface area contributed by atoms with Crippen molar-refractivity contribution in [2.75, 3.05) is 39.3 Å². The Hall–Kier alpha value is -0.0800. The third-order valence-corrected chi connectivity index (χ3v) is 4.42. The molecule has 19 heavy (non-hydrogen) atoms. The second-order valence-corrected chi connectivity index (χ2v) is 6.58. The van der Waals surface area contributed by atoms with Crippen LogP contribution >= 0.6 is 0 Å². The molecule has 0 amide bonds. The first-order valence-electron chi connectivity index (χ1n) is 8.67. The molecule has 0 aromatic heterocycles. The third kappa shape index (κ3) is 8.65. The number of hydrogen-bond donors (Lipinski definition) is 0. The fourth-order valence-corrected chi connectivity index (χ4v) is 2.92. The van der Waals surface area contributed by atoms with E-state index in [0.717, 1.165) is 5.92 Å². The van der Waals surface area contributed by atoms with Crippen LogP contribution in [0.15, 0.2) is 0 Å². The van der Waals surface area contributed by atoms with E-state index in [1.807, 2.05) is 0 Å². The van der Waals surface area contributed by atoms with Gasteiger partial charge in [-0.2, -0.15) is 0 Å². The van der Waals surface area contributed by atoms with Gasteiger partial charge in [0.1, 0.15) is 0 Å². The molecular formula is C17H36N2. The van der Waals surface area contributed by atoms with Gasteiger partial charge in [-0.05, 0) is 25.4 Å².